The van der Waals surface area contributed by atoms with Crippen LogP contribution in [0.2, 0.25) is 0 Å². The first-order valence-corrected chi connectivity index (χ1v) is 5.11. The van der Waals surface area contributed by atoms with E-state index in [0.29, 0.717) is 0 Å². The topological polar surface area (TPSA) is 89.6 Å². The first kappa shape index (κ1) is 13.7. The number of benzene rings is 1. The molecule has 0 unspecified atom stereocenters. The summed E-state index contributed by atoms with van der Waals surface area (Å²) < 4.78 is 18.6. The number of carboxylic acids is 1. The van der Waals surface area contributed by atoms with Crippen molar-refractivity contribution in [3.05, 3.63) is 35.7 Å². The molecule has 1 amide bonds. The van der Waals surface area contributed by atoms with E-state index in [2.05, 4.69) is 0 Å². The monoisotopic (exact) mass is 253 g/mol. The molecule has 0 fully saturated rings. The third-order valence-corrected chi connectivity index (χ3v) is 2.00. The molecule has 1 rings (SSSR count). The lowest BCUT2D eigenvalue weighted by Crippen LogP contribution is -2.15. The van der Waals surface area contributed by atoms with E-state index in [4.69, 9.17) is 15.6 Å². The molecule has 0 spiro atoms. The Morgan fingerprint density at radius 2 is 2.17 bits per heavy atom. The summed E-state index contributed by atoms with van der Waals surface area (Å²) in [6.07, 6.45) is 2.04. The minimum absolute atomic E-state index is 0.0452. The molecular formula is C12H12FNO4. The van der Waals surface area contributed by atoms with E-state index < -0.39 is 17.7 Å². The molecule has 0 radical (unpaired) electrons. The third kappa shape index (κ3) is 4.25. The van der Waals surface area contributed by atoms with Crippen LogP contribution in [0.25, 0.3) is 6.08 Å². The molecule has 6 heteroatoms. The Morgan fingerprint density at radius 1 is 1.44 bits per heavy atom. The van der Waals surface area contributed by atoms with Crippen LogP contribution < -0.4 is 10.5 Å². The van der Waals surface area contributed by atoms with E-state index in [1.54, 1.807) is 0 Å². The van der Waals surface area contributed by atoms with Crippen molar-refractivity contribution in [2.45, 2.75) is 6.42 Å². The van der Waals surface area contributed by atoms with Gasteiger partial charge in [0.1, 0.15) is 0 Å². The Kier molecular flexibility index (Phi) is 4.86. The summed E-state index contributed by atoms with van der Waals surface area (Å²) in [6.45, 7) is -0.0653. The summed E-state index contributed by atoms with van der Waals surface area (Å²) >= 11 is 0. The SMILES string of the molecule is NC(=O)CCOc1c(F)cccc1/C=C/C(=O)O. The van der Waals surface area contributed by atoms with Gasteiger partial charge in [-0.05, 0) is 12.1 Å². The standard InChI is InChI=1S/C12H12FNO4/c13-9-3-1-2-8(4-5-11(16)17)12(9)18-7-6-10(14)15/h1-5H,6-7H2,(H2,14,15)(H,16,17)/b5-4+. The zero-order chi connectivity index (χ0) is 13.5. The molecule has 0 atom stereocenters. The summed E-state index contributed by atoms with van der Waals surface area (Å²) in [5.74, 6) is -2.44. The average Bonchev–Trinajstić information content (AvgIpc) is 2.28. The fourth-order valence-corrected chi connectivity index (χ4v) is 1.22. The summed E-state index contributed by atoms with van der Waals surface area (Å²) in [7, 11) is 0. The van der Waals surface area contributed by atoms with Gasteiger partial charge >= 0.3 is 5.97 Å². The lowest BCUT2D eigenvalue weighted by molar-refractivity contribution is -0.131. The molecule has 0 aliphatic rings. The van der Waals surface area contributed by atoms with Crippen molar-refractivity contribution < 1.29 is 23.8 Å². The van der Waals surface area contributed by atoms with E-state index in [-0.39, 0.29) is 24.3 Å². The van der Waals surface area contributed by atoms with Gasteiger partial charge in [0.2, 0.25) is 5.91 Å². The highest BCUT2D eigenvalue weighted by molar-refractivity contribution is 5.85. The molecule has 1 aromatic carbocycles. The molecule has 0 aliphatic heterocycles. The maximum Gasteiger partial charge on any atom is 0.328 e. The second-order valence-corrected chi connectivity index (χ2v) is 3.39. The van der Waals surface area contributed by atoms with Gasteiger partial charge in [-0.25, -0.2) is 9.18 Å². The van der Waals surface area contributed by atoms with Gasteiger partial charge in [0.25, 0.3) is 0 Å². The number of primary amides is 1. The van der Waals surface area contributed by atoms with Crippen LogP contribution in [-0.2, 0) is 9.59 Å². The predicted molar refractivity (Wildman–Crippen MR) is 62.4 cm³/mol. The van der Waals surface area contributed by atoms with Crippen molar-refractivity contribution in [1.29, 1.82) is 0 Å². The summed E-state index contributed by atoms with van der Waals surface area (Å²) in [6, 6.07) is 4.11. The van der Waals surface area contributed by atoms with E-state index >= 15 is 0 Å². The Bertz CT molecular complexity index is 485. The number of ether oxygens (including phenoxy) is 1. The van der Waals surface area contributed by atoms with Crippen molar-refractivity contribution in [3.63, 3.8) is 0 Å². The molecule has 96 valence electrons. The average molecular weight is 253 g/mol. The zero-order valence-corrected chi connectivity index (χ0v) is 9.43. The molecule has 0 saturated heterocycles. The molecule has 5 nitrogen and oxygen atoms in total. The van der Waals surface area contributed by atoms with Crippen molar-refractivity contribution in [2.75, 3.05) is 6.61 Å². The number of carbonyl (C=O) groups is 2. The highest BCUT2D eigenvalue weighted by Gasteiger charge is 2.08. The fraction of sp³-hybridized carbons (Fsp3) is 0.167. The number of rotatable bonds is 6. The number of carboxylic acid groups (broad SMARTS) is 1. The highest BCUT2D eigenvalue weighted by atomic mass is 19.1. The number of aliphatic carboxylic acids is 1. The summed E-state index contributed by atoms with van der Waals surface area (Å²) in [5.41, 5.74) is 5.21. The minimum Gasteiger partial charge on any atom is -0.489 e. The molecule has 1 aromatic rings. The van der Waals surface area contributed by atoms with Crippen molar-refractivity contribution >= 4 is 18.0 Å². The van der Waals surface area contributed by atoms with Crippen LogP contribution in [0.1, 0.15) is 12.0 Å². The predicted octanol–water partition coefficient (Wildman–Crippen LogP) is 1.18. The largest absolute Gasteiger partial charge is 0.489 e. The van der Waals surface area contributed by atoms with Crippen molar-refractivity contribution in [3.8, 4) is 5.75 Å². The number of nitrogens with two attached hydrogens (primary N) is 1. The van der Waals surface area contributed by atoms with Crippen LogP contribution in [0.15, 0.2) is 24.3 Å². The van der Waals surface area contributed by atoms with E-state index in [9.17, 15) is 14.0 Å². The second kappa shape index (κ2) is 6.39. The molecule has 0 aliphatic carbocycles. The van der Waals surface area contributed by atoms with Crippen LogP contribution in [0.4, 0.5) is 4.39 Å². The molecule has 3 N–H and O–H groups in total. The number of carbonyl (C=O) groups excluding carboxylic acids is 1. The van der Waals surface area contributed by atoms with E-state index in [1.807, 2.05) is 0 Å². The van der Waals surface area contributed by atoms with E-state index in [1.165, 1.54) is 24.3 Å². The number of hydrogen-bond donors (Lipinski definition) is 2. The highest BCUT2D eigenvalue weighted by Crippen LogP contribution is 2.24. The molecule has 18 heavy (non-hydrogen) atoms. The van der Waals surface area contributed by atoms with Gasteiger partial charge in [0.15, 0.2) is 11.6 Å². The molecule has 0 saturated carbocycles. The first-order chi connectivity index (χ1) is 8.50. The van der Waals surface area contributed by atoms with Crippen LogP contribution in [0, 0.1) is 5.82 Å². The number of hydrogen-bond acceptors (Lipinski definition) is 3. The Labute approximate surface area is 103 Å². The fourth-order valence-electron chi connectivity index (χ4n) is 1.22. The van der Waals surface area contributed by atoms with Crippen LogP contribution in [0.3, 0.4) is 0 Å². The first-order valence-electron chi connectivity index (χ1n) is 5.11. The van der Waals surface area contributed by atoms with Crippen LogP contribution in [-0.4, -0.2) is 23.6 Å². The van der Waals surface area contributed by atoms with Gasteiger partial charge in [-0.15, -0.1) is 0 Å². The normalized spacial score (nSPS) is 10.5. The Morgan fingerprint density at radius 3 is 2.78 bits per heavy atom. The number of amides is 1. The van der Waals surface area contributed by atoms with Gasteiger partial charge in [0.05, 0.1) is 13.0 Å². The third-order valence-electron chi connectivity index (χ3n) is 2.00. The summed E-state index contributed by atoms with van der Waals surface area (Å²) in [4.78, 5) is 20.9. The maximum absolute atomic E-state index is 13.5. The van der Waals surface area contributed by atoms with Gasteiger partial charge in [-0.2, -0.15) is 0 Å². The van der Waals surface area contributed by atoms with Crippen molar-refractivity contribution in [2.24, 2.45) is 5.73 Å². The molecular weight excluding hydrogens is 241 g/mol. The maximum atomic E-state index is 13.5. The zero-order valence-electron chi connectivity index (χ0n) is 9.43. The van der Waals surface area contributed by atoms with Crippen LogP contribution >= 0.6 is 0 Å². The molecule has 0 bridgehead atoms. The second-order valence-electron chi connectivity index (χ2n) is 3.39. The molecule has 0 aromatic heterocycles. The number of halogens is 1. The lowest BCUT2D eigenvalue weighted by atomic mass is 10.2. The number of para-hydroxylation sites is 1. The van der Waals surface area contributed by atoms with Gasteiger partial charge in [-0.1, -0.05) is 12.1 Å². The quantitative estimate of drug-likeness (QED) is 0.745. The molecule has 0 heterocycles. The van der Waals surface area contributed by atoms with Gasteiger partial charge < -0.3 is 15.6 Å². The minimum atomic E-state index is -1.15. The lowest BCUT2D eigenvalue weighted by Gasteiger charge is -2.09. The summed E-state index contributed by atoms with van der Waals surface area (Å²) in [5, 5.41) is 8.50. The smallest absolute Gasteiger partial charge is 0.328 e. The van der Waals surface area contributed by atoms with Crippen molar-refractivity contribution in [1.82, 2.24) is 0 Å². The van der Waals surface area contributed by atoms with Gasteiger partial charge in [-0.3, -0.25) is 4.79 Å². The Hall–Kier alpha value is -2.37. The Balaban J connectivity index is 2.86. The van der Waals surface area contributed by atoms with Crippen LogP contribution in [0.5, 0.6) is 5.75 Å². The van der Waals surface area contributed by atoms with E-state index in [0.717, 1.165) is 6.08 Å². The van der Waals surface area contributed by atoms with Gasteiger partial charge in [0, 0.05) is 11.6 Å².